The molecule has 0 aromatic heterocycles. The van der Waals surface area contributed by atoms with Crippen LogP contribution in [0.25, 0.3) is 0 Å². The number of aliphatic hydroxyl groups is 1. The van der Waals surface area contributed by atoms with Crippen LogP contribution in [0.1, 0.15) is 13.3 Å². The third kappa shape index (κ3) is 3.44. The SMILES string of the molecule is CCC(=O)N1CCN(N(C)CCO)CC1. The summed E-state index contributed by atoms with van der Waals surface area (Å²) in [5.74, 6) is 0.236. The van der Waals surface area contributed by atoms with Gasteiger partial charge in [0.25, 0.3) is 0 Å². The van der Waals surface area contributed by atoms with Gasteiger partial charge in [0.15, 0.2) is 0 Å². The maximum Gasteiger partial charge on any atom is 0.222 e. The molecule has 0 spiro atoms. The number of piperazine rings is 1. The van der Waals surface area contributed by atoms with E-state index in [1.807, 2.05) is 23.9 Å². The van der Waals surface area contributed by atoms with Crippen molar-refractivity contribution in [2.75, 3.05) is 46.4 Å². The quantitative estimate of drug-likeness (QED) is 0.679. The summed E-state index contributed by atoms with van der Waals surface area (Å²) >= 11 is 0. The number of hydrogen-bond donors (Lipinski definition) is 1. The highest BCUT2D eigenvalue weighted by molar-refractivity contribution is 5.75. The predicted molar refractivity (Wildman–Crippen MR) is 58.2 cm³/mol. The molecule has 1 N–H and O–H groups in total. The van der Waals surface area contributed by atoms with Gasteiger partial charge >= 0.3 is 0 Å². The smallest absolute Gasteiger partial charge is 0.222 e. The van der Waals surface area contributed by atoms with Crippen molar-refractivity contribution in [2.24, 2.45) is 0 Å². The Labute approximate surface area is 91.2 Å². The molecule has 1 amide bonds. The molecular weight excluding hydrogens is 194 g/mol. The van der Waals surface area contributed by atoms with Crippen molar-refractivity contribution in [1.82, 2.24) is 14.9 Å². The first kappa shape index (κ1) is 12.4. The molecule has 0 unspecified atom stereocenters. The maximum absolute atomic E-state index is 11.4. The van der Waals surface area contributed by atoms with E-state index in [0.29, 0.717) is 13.0 Å². The molecule has 1 saturated heterocycles. The number of amides is 1. The van der Waals surface area contributed by atoms with Gasteiger partial charge in [-0.05, 0) is 0 Å². The molecule has 1 aliphatic rings. The Bertz CT molecular complexity index is 203. The van der Waals surface area contributed by atoms with Gasteiger partial charge in [0, 0.05) is 46.2 Å². The van der Waals surface area contributed by atoms with Gasteiger partial charge < -0.3 is 10.0 Å². The molecule has 5 heteroatoms. The van der Waals surface area contributed by atoms with Crippen LogP contribution in [-0.2, 0) is 4.79 Å². The van der Waals surface area contributed by atoms with Crippen LogP contribution in [0.5, 0.6) is 0 Å². The summed E-state index contributed by atoms with van der Waals surface area (Å²) in [5.41, 5.74) is 0. The minimum Gasteiger partial charge on any atom is -0.395 e. The van der Waals surface area contributed by atoms with Crippen molar-refractivity contribution >= 4 is 5.91 Å². The van der Waals surface area contributed by atoms with Gasteiger partial charge in [-0.1, -0.05) is 6.92 Å². The lowest BCUT2D eigenvalue weighted by Crippen LogP contribution is -2.54. The zero-order chi connectivity index (χ0) is 11.3. The Morgan fingerprint density at radius 1 is 1.33 bits per heavy atom. The summed E-state index contributed by atoms with van der Waals surface area (Å²) in [6.07, 6.45) is 0.590. The Hall–Kier alpha value is -0.650. The molecule has 1 aliphatic heterocycles. The Morgan fingerprint density at radius 2 is 1.93 bits per heavy atom. The van der Waals surface area contributed by atoms with Gasteiger partial charge in [0.2, 0.25) is 5.91 Å². The van der Waals surface area contributed by atoms with E-state index in [4.69, 9.17) is 5.11 Å². The molecule has 5 nitrogen and oxygen atoms in total. The van der Waals surface area contributed by atoms with Crippen LogP contribution in [0, 0.1) is 0 Å². The molecule has 0 bridgehead atoms. The molecule has 0 saturated carbocycles. The monoisotopic (exact) mass is 215 g/mol. The van der Waals surface area contributed by atoms with Crippen molar-refractivity contribution in [3.8, 4) is 0 Å². The van der Waals surface area contributed by atoms with E-state index >= 15 is 0 Å². The van der Waals surface area contributed by atoms with Crippen molar-refractivity contribution in [3.05, 3.63) is 0 Å². The number of carbonyl (C=O) groups is 1. The van der Waals surface area contributed by atoms with E-state index in [0.717, 1.165) is 26.2 Å². The topological polar surface area (TPSA) is 47.0 Å². The van der Waals surface area contributed by atoms with Crippen LogP contribution in [0.3, 0.4) is 0 Å². The third-order valence-electron chi connectivity index (χ3n) is 2.82. The number of carbonyl (C=O) groups excluding carboxylic acids is 1. The van der Waals surface area contributed by atoms with Crippen LogP contribution in [-0.4, -0.2) is 72.3 Å². The van der Waals surface area contributed by atoms with Gasteiger partial charge in [0.1, 0.15) is 0 Å². The normalized spacial score (nSPS) is 18.5. The Balaban J connectivity index is 2.32. The Morgan fingerprint density at radius 3 is 2.40 bits per heavy atom. The van der Waals surface area contributed by atoms with Gasteiger partial charge in [-0.2, -0.15) is 0 Å². The zero-order valence-corrected chi connectivity index (χ0v) is 9.65. The molecule has 88 valence electrons. The minimum absolute atomic E-state index is 0.171. The molecule has 1 heterocycles. The highest BCUT2D eigenvalue weighted by Gasteiger charge is 2.21. The molecule has 15 heavy (non-hydrogen) atoms. The lowest BCUT2D eigenvalue weighted by atomic mass is 10.3. The van der Waals surface area contributed by atoms with Gasteiger partial charge in [-0.25, -0.2) is 10.0 Å². The molecule has 0 aromatic rings. The molecule has 0 atom stereocenters. The molecule has 0 aromatic carbocycles. The van der Waals surface area contributed by atoms with Crippen LogP contribution in [0.2, 0.25) is 0 Å². The van der Waals surface area contributed by atoms with Gasteiger partial charge in [-0.15, -0.1) is 0 Å². The Kier molecular flexibility index (Phi) is 5.01. The van der Waals surface area contributed by atoms with E-state index in [9.17, 15) is 4.79 Å². The van der Waals surface area contributed by atoms with E-state index in [2.05, 4.69) is 5.01 Å². The minimum atomic E-state index is 0.171. The number of likely N-dealkylation sites (N-methyl/N-ethyl adjacent to an activating group) is 1. The predicted octanol–water partition coefficient (Wildman–Crippen LogP) is -0.620. The second-order valence-electron chi connectivity index (χ2n) is 3.79. The first-order chi connectivity index (χ1) is 7.19. The fourth-order valence-electron chi connectivity index (χ4n) is 1.80. The van der Waals surface area contributed by atoms with Crippen LogP contribution >= 0.6 is 0 Å². The largest absolute Gasteiger partial charge is 0.395 e. The number of aliphatic hydroxyl groups excluding tert-OH is 1. The number of hydrazine groups is 1. The lowest BCUT2D eigenvalue weighted by molar-refractivity contribution is -0.136. The van der Waals surface area contributed by atoms with E-state index in [-0.39, 0.29) is 12.5 Å². The average molecular weight is 215 g/mol. The van der Waals surface area contributed by atoms with Gasteiger partial charge in [-0.3, -0.25) is 4.79 Å². The highest BCUT2D eigenvalue weighted by Crippen LogP contribution is 2.05. The van der Waals surface area contributed by atoms with E-state index in [1.54, 1.807) is 0 Å². The van der Waals surface area contributed by atoms with Crippen LogP contribution in [0.15, 0.2) is 0 Å². The number of nitrogens with zero attached hydrogens (tertiary/aromatic N) is 3. The molecule has 1 fully saturated rings. The summed E-state index contributed by atoms with van der Waals surface area (Å²) in [4.78, 5) is 13.3. The molecule has 0 aliphatic carbocycles. The fraction of sp³-hybridized carbons (Fsp3) is 0.900. The van der Waals surface area contributed by atoms with Crippen LogP contribution in [0.4, 0.5) is 0 Å². The number of rotatable bonds is 4. The molecular formula is C10H21N3O2. The van der Waals surface area contributed by atoms with Crippen molar-refractivity contribution in [3.63, 3.8) is 0 Å². The summed E-state index contributed by atoms with van der Waals surface area (Å²) in [6.45, 7) is 6.04. The van der Waals surface area contributed by atoms with Crippen molar-refractivity contribution < 1.29 is 9.90 Å². The van der Waals surface area contributed by atoms with Crippen molar-refractivity contribution in [1.29, 1.82) is 0 Å². The summed E-state index contributed by atoms with van der Waals surface area (Å²) in [5, 5.41) is 13.0. The zero-order valence-electron chi connectivity index (χ0n) is 9.65. The van der Waals surface area contributed by atoms with Crippen LogP contribution < -0.4 is 0 Å². The first-order valence-corrected chi connectivity index (χ1v) is 5.53. The highest BCUT2D eigenvalue weighted by atomic mass is 16.3. The number of hydrogen-bond acceptors (Lipinski definition) is 4. The second-order valence-corrected chi connectivity index (χ2v) is 3.79. The second kappa shape index (κ2) is 6.05. The maximum atomic E-state index is 11.4. The van der Waals surface area contributed by atoms with Gasteiger partial charge in [0.05, 0.1) is 6.61 Å². The summed E-state index contributed by atoms with van der Waals surface area (Å²) in [6, 6.07) is 0. The summed E-state index contributed by atoms with van der Waals surface area (Å²) < 4.78 is 0. The van der Waals surface area contributed by atoms with E-state index < -0.39 is 0 Å². The molecule has 1 rings (SSSR count). The molecule has 0 radical (unpaired) electrons. The summed E-state index contributed by atoms with van der Waals surface area (Å²) in [7, 11) is 1.97. The lowest BCUT2D eigenvalue weighted by Gasteiger charge is -2.39. The first-order valence-electron chi connectivity index (χ1n) is 5.53. The average Bonchev–Trinajstić information content (AvgIpc) is 2.28. The third-order valence-corrected chi connectivity index (χ3v) is 2.82. The standard InChI is InChI=1S/C10H21N3O2/c1-3-10(15)12-4-6-13(7-5-12)11(2)8-9-14/h14H,3-9H2,1-2H3. The van der Waals surface area contributed by atoms with Crippen molar-refractivity contribution in [2.45, 2.75) is 13.3 Å². The van der Waals surface area contributed by atoms with E-state index in [1.165, 1.54) is 0 Å². The fourth-order valence-corrected chi connectivity index (χ4v) is 1.80.